The fourth-order valence-corrected chi connectivity index (χ4v) is 1.22. The van der Waals surface area contributed by atoms with Gasteiger partial charge in [0.05, 0.1) is 6.54 Å². The Morgan fingerprint density at radius 3 is 2.76 bits per heavy atom. The lowest BCUT2D eigenvalue weighted by Crippen LogP contribution is -2.42. The summed E-state index contributed by atoms with van der Waals surface area (Å²) < 4.78 is 1.52. The van der Waals surface area contributed by atoms with Crippen LogP contribution in [0.1, 0.15) is 12.7 Å². The highest BCUT2D eigenvalue weighted by Crippen LogP contribution is 1.92. The molecule has 0 unspecified atom stereocenters. The van der Waals surface area contributed by atoms with Crippen LogP contribution < -0.4 is 5.32 Å². The first kappa shape index (κ1) is 12.9. The number of aliphatic carboxylic acids is 1. The molecule has 0 aliphatic carbocycles. The summed E-state index contributed by atoms with van der Waals surface area (Å²) in [6.07, 6.45) is 1.52. The van der Waals surface area contributed by atoms with Gasteiger partial charge in [-0.15, -0.1) is 0 Å². The first-order valence-electron chi connectivity index (χ1n) is 5.12. The topological polar surface area (TPSA) is 100 Å². The van der Waals surface area contributed by atoms with Crippen LogP contribution in [0.2, 0.25) is 0 Å². The number of aryl methyl sites for hydroxylation is 1. The molecule has 17 heavy (non-hydrogen) atoms. The lowest BCUT2D eigenvalue weighted by atomic mass is 10.5. The number of carbonyl (C=O) groups excluding carboxylic acids is 1. The fraction of sp³-hybridized carbons (Fsp3) is 0.556. The van der Waals surface area contributed by atoms with Crippen molar-refractivity contribution in [3.8, 4) is 0 Å². The van der Waals surface area contributed by atoms with Crippen molar-refractivity contribution in [2.24, 2.45) is 7.05 Å². The summed E-state index contributed by atoms with van der Waals surface area (Å²) in [6.45, 7) is 1.89. The van der Waals surface area contributed by atoms with Crippen molar-refractivity contribution in [2.75, 3.05) is 13.1 Å². The van der Waals surface area contributed by atoms with Gasteiger partial charge in [0.2, 0.25) is 0 Å². The zero-order valence-electron chi connectivity index (χ0n) is 9.75. The van der Waals surface area contributed by atoms with E-state index >= 15 is 0 Å². The predicted molar refractivity (Wildman–Crippen MR) is 58.1 cm³/mol. The van der Waals surface area contributed by atoms with Gasteiger partial charge in [0.25, 0.3) is 0 Å². The van der Waals surface area contributed by atoms with Crippen molar-refractivity contribution in [1.29, 1.82) is 0 Å². The number of amides is 2. The Bertz CT molecular complexity index is 403. The maximum Gasteiger partial charge on any atom is 0.323 e. The molecule has 1 aromatic heterocycles. The Kier molecular flexibility index (Phi) is 4.44. The number of carboxylic acid groups (broad SMARTS) is 1. The van der Waals surface area contributed by atoms with E-state index in [4.69, 9.17) is 5.11 Å². The van der Waals surface area contributed by atoms with Crippen molar-refractivity contribution in [1.82, 2.24) is 25.0 Å². The van der Waals surface area contributed by atoms with Gasteiger partial charge in [-0.1, -0.05) is 0 Å². The van der Waals surface area contributed by atoms with E-state index in [2.05, 4.69) is 15.4 Å². The summed E-state index contributed by atoms with van der Waals surface area (Å²) >= 11 is 0. The number of carbonyl (C=O) groups is 2. The number of nitrogens with one attached hydrogen (secondary N) is 1. The quantitative estimate of drug-likeness (QED) is 0.719. The molecule has 8 heteroatoms. The third-order valence-corrected chi connectivity index (χ3v) is 2.04. The number of carboxylic acids is 1. The van der Waals surface area contributed by atoms with Gasteiger partial charge in [0, 0.05) is 13.6 Å². The second-order valence-electron chi connectivity index (χ2n) is 3.40. The molecule has 0 aromatic carbocycles. The SMILES string of the molecule is CCN(CC(=O)O)C(=O)NCc1ncn(C)n1. The van der Waals surface area contributed by atoms with Gasteiger partial charge >= 0.3 is 12.0 Å². The van der Waals surface area contributed by atoms with Gasteiger partial charge in [-0.05, 0) is 6.92 Å². The molecule has 1 aromatic rings. The average molecular weight is 241 g/mol. The molecule has 1 heterocycles. The number of hydrogen-bond acceptors (Lipinski definition) is 4. The molecule has 0 spiro atoms. The van der Waals surface area contributed by atoms with E-state index in [1.54, 1.807) is 14.0 Å². The molecule has 2 N–H and O–H groups in total. The van der Waals surface area contributed by atoms with Crippen molar-refractivity contribution in [3.05, 3.63) is 12.2 Å². The Balaban J connectivity index is 2.44. The number of nitrogens with zero attached hydrogens (tertiary/aromatic N) is 4. The van der Waals surface area contributed by atoms with E-state index in [0.717, 1.165) is 0 Å². The first-order valence-corrected chi connectivity index (χ1v) is 5.12. The van der Waals surface area contributed by atoms with Gasteiger partial charge < -0.3 is 15.3 Å². The smallest absolute Gasteiger partial charge is 0.323 e. The molecule has 0 fully saturated rings. The maximum atomic E-state index is 11.6. The standard InChI is InChI=1S/C9H15N5O3/c1-3-14(5-8(15)16)9(17)10-4-7-11-6-13(2)12-7/h6H,3-5H2,1-2H3,(H,10,17)(H,15,16). The van der Waals surface area contributed by atoms with E-state index in [1.165, 1.54) is 15.9 Å². The molecule has 0 saturated heterocycles. The molecule has 0 radical (unpaired) electrons. The summed E-state index contributed by atoms with van der Waals surface area (Å²) in [5, 5.41) is 15.1. The van der Waals surface area contributed by atoms with E-state index < -0.39 is 12.0 Å². The molecular weight excluding hydrogens is 226 g/mol. The fourth-order valence-electron chi connectivity index (χ4n) is 1.22. The molecule has 0 bridgehead atoms. The van der Waals surface area contributed by atoms with Gasteiger partial charge in [0.1, 0.15) is 12.9 Å². The largest absolute Gasteiger partial charge is 0.480 e. The summed E-state index contributed by atoms with van der Waals surface area (Å²) in [6, 6.07) is -0.442. The minimum Gasteiger partial charge on any atom is -0.480 e. The first-order chi connectivity index (χ1) is 8.02. The zero-order chi connectivity index (χ0) is 12.8. The van der Waals surface area contributed by atoms with Crippen molar-refractivity contribution in [2.45, 2.75) is 13.5 Å². The third-order valence-electron chi connectivity index (χ3n) is 2.04. The van der Waals surface area contributed by atoms with E-state index in [9.17, 15) is 9.59 Å². The third kappa shape index (κ3) is 4.09. The van der Waals surface area contributed by atoms with Crippen LogP contribution in [-0.4, -0.2) is 49.9 Å². The number of aromatic nitrogens is 3. The summed E-state index contributed by atoms with van der Waals surface area (Å²) in [5.41, 5.74) is 0. The minimum atomic E-state index is -1.04. The van der Waals surface area contributed by atoms with Crippen LogP contribution >= 0.6 is 0 Å². The van der Waals surface area contributed by atoms with Gasteiger partial charge in [-0.2, -0.15) is 5.10 Å². The molecule has 0 saturated carbocycles. The molecule has 8 nitrogen and oxygen atoms in total. The lowest BCUT2D eigenvalue weighted by molar-refractivity contribution is -0.137. The highest BCUT2D eigenvalue weighted by Gasteiger charge is 2.14. The Hall–Kier alpha value is -2.12. The summed E-state index contributed by atoms with van der Waals surface area (Å²) in [5.74, 6) is -0.565. The monoisotopic (exact) mass is 241 g/mol. The van der Waals surface area contributed by atoms with E-state index in [-0.39, 0.29) is 13.1 Å². The number of hydrogen-bond donors (Lipinski definition) is 2. The Morgan fingerprint density at radius 2 is 2.29 bits per heavy atom. The van der Waals surface area contributed by atoms with Crippen LogP contribution in [0.15, 0.2) is 6.33 Å². The van der Waals surface area contributed by atoms with Crippen LogP contribution in [0.5, 0.6) is 0 Å². The highest BCUT2D eigenvalue weighted by molar-refractivity contribution is 5.79. The Labute approximate surface area is 98.2 Å². The molecule has 94 valence electrons. The van der Waals surface area contributed by atoms with Gasteiger partial charge in [-0.25, -0.2) is 9.78 Å². The van der Waals surface area contributed by atoms with Crippen LogP contribution in [0, 0.1) is 0 Å². The second-order valence-corrected chi connectivity index (χ2v) is 3.40. The number of urea groups is 1. The molecule has 0 atom stereocenters. The summed E-state index contributed by atoms with van der Waals surface area (Å²) in [4.78, 5) is 27.2. The van der Waals surface area contributed by atoms with Gasteiger partial charge in [-0.3, -0.25) is 9.48 Å². The highest BCUT2D eigenvalue weighted by atomic mass is 16.4. The van der Waals surface area contributed by atoms with E-state index in [1.807, 2.05) is 0 Å². The van der Waals surface area contributed by atoms with Crippen LogP contribution in [0.3, 0.4) is 0 Å². The van der Waals surface area contributed by atoms with E-state index in [0.29, 0.717) is 12.4 Å². The normalized spacial score (nSPS) is 10.0. The molecule has 2 amide bonds. The predicted octanol–water partition coefficient (Wildman–Crippen LogP) is -0.569. The molecular formula is C9H15N5O3. The second kappa shape index (κ2) is 5.83. The van der Waals surface area contributed by atoms with Crippen LogP contribution in [-0.2, 0) is 18.4 Å². The van der Waals surface area contributed by atoms with Gasteiger partial charge in [0.15, 0.2) is 5.82 Å². The van der Waals surface area contributed by atoms with Crippen LogP contribution in [0.25, 0.3) is 0 Å². The van der Waals surface area contributed by atoms with Crippen LogP contribution in [0.4, 0.5) is 4.79 Å². The molecule has 0 aliphatic heterocycles. The zero-order valence-corrected chi connectivity index (χ0v) is 9.75. The lowest BCUT2D eigenvalue weighted by Gasteiger charge is -2.18. The average Bonchev–Trinajstić information content (AvgIpc) is 2.68. The molecule has 1 rings (SSSR count). The number of rotatable bonds is 5. The van der Waals surface area contributed by atoms with Crippen molar-refractivity contribution in [3.63, 3.8) is 0 Å². The maximum absolute atomic E-state index is 11.6. The minimum absolute atomic E-state index is 0.176. The van der Waals surface area contributed by atoms with Crippen molar-refractivity contribution >= 4 is 12.0 Å². The number of likely N-dealkylation sites (N-methyl/N-ethyl adjacent to an activating group) is 1. The summed E-state index contributed by atoms with van der Waals surface area (Å²) in [7, 11) is 1.72. The van der Waals surface area contributed by atoms with Crippen molar-refractivity contribution < 1.29 is 14.7 Å². The Morgan fingerprint density at radius 1 is 1.59 bits per heavy atom. The molecule has 0 aliphatic rings.